The quantitative estimate of drug-likeness (QED) is 0.724. The van der Waals surface area contributed by atoms with Crippen molar-refractivity contribution >= 4 is 34.5 Å². The van der Waals surface area contributed by atoms with E-state index in [9.17, 15) is 14.4 Å². The molecule has 0 aromatic heterocycles. The number of carbonyl (C=O) groups is 3. The molecular formula is C19H26N4O4S. The van der Waals surface area contributed by atoms with E-state index < -0.39 is 0 Å². The Morgan fingerprint density at radius 2 is 1.86 bits per heavy atom. The molecule has 3 amide bonds. The molecule has 1 aromatic rings. The van der Waals surface area contributed by atoms with Crippen molar-refractivity contribution < 1.29 is 19.1 Å². The van der Waals surface area contributed by atoms with E-state index in [4.69, 9.17) is 4.74 Å². The summed E-state index contributed by atoms with van der Waals surface area (Å²) in [5, 5.41) is 2.61. The average Bonchev–Trinajstić information content (AvgIpc) is 3.05. The Kier molecular flexibility index (Phi) is 6.79. The van der Waals surface area contributed by atoms with Crippen LogP contribution in [-0.4, -0.2) is 85.0 Å². The van der Waals surface area contributed by atoms with Crippen molar-refractivity contribution in [1.82, 2.24) is 15.1 Å². The summed E-state index contributed by atoms with van der Waals surface area (Å²) in [6.07, 6.45) is 0. The minimum atomic E-state index is -0.252. The first-order valence-electron chi connectivity index (χ1n) is 9.37. The Morgan fingerprint density at radius 1 is 1.18 bits per heavy atom. The van der Waals surface area contributed by atoms with E-state index in [2.05, 4.69) is 15.1 Å². The van der Waals surface area contributed by atoms with E-state index in [1.54, 1.807) is 7.11 Å². The van der Waals surface area contributed by atoms with Gasteiger partial charge in [0, 0.05) is 45.0 Å². The van der Waals surface area contributed by atoms with E-state index in [0.29, 0.717) is 0 Å². The van der Waals surface area contributed by atoms with Gasteiger partial charge in [-0.15, -0.1) is 0 Å². The van der Waals surface area contributed by atoms with Crippen molar-refractivity contribution in [3.63, 3.8) is 0 Å². The molecule has 1 N–H and O–H groups in total. The van der Waals surface area contributed by atoms with E-state index in [1.807, 2.05) is 31.2 Å². The standard InChI is InChI=1S/C19H26N4O4S/c1-14(18(25)20-7-8-23-17(24)13-28-19(23)26)21-9-11-22(12-10-21)15-3-5-16(27-2)6-4-15/h3-6,14H,7-13H2,1-2H3,(H,20,25)/t14-/m0/s1. The van der Waals surface area contributed by atoms with Crippen molar-refractivity contribution in [2.75, 3.05) is 57.0 Å². The predicted molar refractivity (Wildman–Crippen MR) is 109 cm³/mol. The largest absolute Gasteiger partial charge is 0.497 e. The number of ether oxygens (including phenoxy) is 1. The van der Waals surface area contributed by atoms with E-state index in [0.717, 1.165) is 49.4 Å². The summed E-state index contributed by atoms with van der Waals surface area (Å²) in [5.74, 6) is 0.766. The summed E-state index contributed by atoms with van der Waals surface area (Å²) in [5.41, 5.74) is 1.15. The Labute approximate surface area is 169 Å². The second-order valence-corrected chi connectivity index (χ2v) is 7.71. The molecule has 2 aliphatic rings. The van der Waals surface area contributed by atoms with Gasteiger partial charge in [-0.05, 0) is 31.2 Å². The third-order valence-corrected chi connectivity index (χ3v) is 6.01. The van der Waals surface area contributed by atoms with Crippen LogP contribution in [0.5, 0.6) is 5.75 Å². The summed E-state index contributed by atoms with van der Waals surface area (Å²) < 4.78 is 5.20. The fourth-order valence-corrected chi connectivity index (χ4v) is 4.11. The maximum Gasteiger partial charge on any atom is 0.288 e. The van der Waals surface area contributed by atoms with Crippen LogP contribution in [0.4, 0.5) is 10.5 Å². The highest BCUT2D eigenvalue weighted by molar-refractivity contribution is 8.14. The molecule has 1 atom stereocenters. The molecule has 1 aromatic carbocycles. The van der Waals surface area contributed by atoms with Gasteiger partial charge in [-0.25, -0.2) is 0 Å². The topological polar surface area (TPSA) is 82.2 Å². The number of amides is 3. The lowest BCUT2D eigenvalue weighted by atomic mass is 10.2. The summed E-state index contributed by atoms with van der Waals surface area (Å²) in [4.78, 5) is 41.2. The number of piperazine rings is 1. The number of hydrogen-bond donors (Lipinski definition) is 1. The predicted octanol–water partition coefficient (Wildman–Crippen LogP) is 1.02. The van der Waals surface area contributed by atoms with Crippen LogP contribution in [0.2, 0.25) is 0 Å². The van der Waals surface area contributed by atoms with Gasteiger partial charge < -0.3 is 15.0 Å². The zero-order valence-electron chi connectivity index (χ0n) is 16.2. The van der Waals surface area contributed by atoms with Crippen LogP contribution in [0.25, 0.3) is 0 Å². The second kappa shape index (κ2) is 9.29. The molecule has 0 unspecified atom stereocenters. The Morgan fingerprint density at radius 3 is 2.43 bits per heavy atom. The molecule has 2 fully saturated rings. The molecule has 0 spiro atoms. The highest BCUT2D eigenvalue weighted by Crippen LogP contribution is 2.21. The fourth-order valence-electron chi connectivity index (χ4n) is 3.36. The van der Waals surface area contributed by atoms with Crippen LogP contribution >= 0.6 is 11.8 Å². The number of nitrogens with zero attached hydrogens (tertiary/aromatic N) is 3. The molecule has 9 heteroatoms. The fraction of sp³-hybridized carbons (Fsp3) is 0.526. The van der Waals surface area contributed by atoms with Gasteiger partial charge >= 0.3 is 0 Å². The summed E-state index contributed by atoms with van der Waals surface area (Å²) in [6, 6.07) is 7.74. The van der Waals surface area contributed by atoms with Crippen molar-refractivity contribution in [2.45, 2.75) is 13.0 Å². The number of benzene rings is 1. The first kappa shape index (κ1) is 20.5. The molecule has 152 valence electrons. The molecular weight excluding hydrogens is 380 g/mol. The number of rotatable bonds is 7. The number of methoxy groups -OCH3 is 1. The Balaban J connectivity index is 1.42. The minimum Gasteiger partial charge on any atom is -0.497 e. The SMILES string of the molecule is COc1ccc(N2CCN([C@@H](C)C(=O)NCCN3C(=O)CSC3=O)CC2)cc1. The van der Waals surface area contributed by atoms with Crippen molar-refractivity contribution in [3.8, 4) is 5.75 Å². The van der Waals surface area contributed by atoms with E-state index in [1.165, 1.54) is 4.90 Å². The highest BCUT2D eigenvalue weighted by Gasteiger charge is 2.30. The van der Waals surface area contributed by atoms with Gasteiger partial charge in [-0.2, -0.15) is 0 Å². The van der Waals surface area contributed by atoms with Gasteiger partial charge in [0.15, 0.2) is 0 Å². The first-order valence-corrected chi connectivity index (χ1v) is 10.4. The van der Waals surface area contributed by atoms with Gasteiger partial charge in [-0.3, -0.25) is 24.2 Å². The van der Waals surface area contributed by atoms with Gasteiger partial charge in [0.1, 0.15) is 5.75 Å². The molecule has 0 saturated carbocycles. The highest BCUT2D eigenvalue weighted by atomic mass is 32.2. The van der Waals surface area contributed by atoms with Crippen LogP contribution in [0.3, 0.4) is 0 Å². The first-order chi connectivity index (χ1) is 13.5. The van der Waals surface area contributed by atoms with Crippen LogP contribution < -0.4 is 15.0 Å². The van der Waals surface area contributed by atoms with Crippen molar-refractivity contribution in [3.05, 3.63) is 24.3 Å². The smallest absolute Gasteiger partial charge is 0.288 e. The van der Waals surface area contributed by atoms with Crippen LogP contribution in [-0.2, 0) is 9.59 Å². The molecule has 2 saturated heterocycles. The van der Waals surface area contributed by atoms with Gasteiger partial charge in [0.05, 0.1) is 18.9 Å². The van der Waals surface area contributed by atoms with Gasteiger partial charge in [0.25, 0.3) is 5.24 Å². The second-order valence-electron chi connectivity index (χ2n) is 6.79. The molecule has 0 aliphatic carbocycles. The lowest BCUT2D eigenvalue weighted by Gasteiger charge is -2.38. The molecule has 0 bridgehead atoms. The van der Waals surface area contributed by atoms with Crippen molar-refractivity contribution in [1.29, 1.82) is 0 Å². The lowest BCUT2D eigenvalue weighted by molar-refractivity contribution is -0.127. The number of anilines is 1. The van der Waals surface area contributed by atoms with Crippen LogP contribution in [0.1, 0.15) is 6.92 Å². The minimum absolute atomic E-state index is 0.0790. The zero-order valence-corrected chi connectivity index (χ0v) is 17.0. The number of carbonyl (C=O) groups excluding carboxylic acids is 3. The number of imide groups is 1. The molecule has 28 heavy (non-hydrogen) atoms. The van der Waals surface area contributed by atoms with Gasteiger partial charge in [-0.1, -0.05) is 11.8 Å². The molecule has 3 rings (SSSR count). The van der Waals surface area contributed by atoms with Crippen LogP contribution in [0.15, 0.2) is 24.3 Å². The third kappa shape index (κ3) is 4.77. The number of nitrogens with one attached hydrogen (secondary N) is 1. The monoisotopic (exact) mass is 406 g/mol. The summed E-state index contributed by atoms with van der Waals surface area (Å²) in [7, 11) is 1.65. The summed E-state index contributed by atoms with van der Waals surface area (Å²) >= 11 is 1.01. The van der Waals surface area contributed by atoms with Gasteiger partial charge in [0.2, 0.25) is 11.8 Å². The molecule has 2 aliphatic heterocycles. The molecule has 2 heterocycles. The third-order valence-electron chi connectivity index (χ3n) is 5.15. The molecule has 0 radical (unpaired) electrons. The normalized spacial score (nSPS) is 19.1. The number of thioether (sulfide) groups is 1. The van der Waals surface area contributed by atoms with Crippen LogP contribution in [0, 0.1) is 0 Å². The Hall–Kier alpha value is -2.26. The maximum absolute atomic E-state index is 12.4. The summed E-state index contributed by atoms with van der Waals surface area (Å²) in [6.45, 7) is 5.68. The van der Waals surface area contributed by atoms with E-state index in [-0.39, 0.29) is 41.9 Å². The molecule has 8 nitrogen and oxygen atoms in total. The Bertz CT molecular complexity index is 703. The maximum atomic E-state index is 12.4. The number of hydrogen-bond acceptors (Lipinski definition) is 7. The lowest BCUT2D eigenvalue weighted by Crippen LogP contribution is -2.54. The van der Waals surface area contributed by atoms with Crippen molar-refractivity contribution in [2.24, 2.45) is 0 Å². The zero-order chi connectivity index (χ0) is 20.1. The van der Waals surface area contributed by atoms with E-state index >= 15 is 0 Å². The average molecular weight is 407 g/mol.